The van der Waals surface area contributed by atoms with E-state index in [0.717, 1.165) is 0 Å². The van der Waals surface area contributed by atoms with Crippen molar-refractivity contribution in [3.8, 4) is 0 Å². The van der Waals surface area contributed by atoms with Gasteiger partial charge in [-0.1, -0.05) is 11.6 Å². The second kappa shape index (κ2) is 3.24. The lowest BCUT2D eigenvalue weighted by Gasteiger charge is -2.01. The molecule has 0 spiro atoms. The highest BCUT2D eigenvalue weighted by atomic mass is 79.9. The van der Waals surface area contributed by atoms with Gasteiger partial charge in [0.2, 0.25) is 0 Å². The lowest BCUT2D eigenvalue weighted by molar-refractivity contribution is 0.630. The van der Waals surface area contributed by atoms with Gasteiger partial charge in [-0.15, -0.1) is 0 Å². The first-order chi connectivity index (χ1) is 6.20. The molecular formula is C9H4BrClFN. The van der Waals surface area contributed by atoms with Crippen molar-refractivity contribution >= 4 is 38.4 Å². The molecule has 0 saturated carbocycles. The number of rotatable bonds is 0. The smallest absolute Gasteiger partial charge is 0.163 e. The molecule has 1 heterocycles. The zero-order valence-electron chi connectivity index (χ0n) is 6.39. The molecule has 2 rings (SSSR count). The van der Waals surface area contributed by atoms with Crippen LogP contribution in [-0.2, 0) is 0 Å². The molecular weight excluding hydrogens is 256 g/mol. The second-order valence-corrected chi connectivity index (χ2v) is 3.81. The monoisotopic (exact) mass is 259 g/mol. The van der Waals surface area contributed by atoms with E-state index in [1.165, 1.54) is 6.20 Å². The van der Waals surface area contributed by atoms with Crippen molar-refractivity contribution in [1.29, 1.82) is 0 Å². The summed E-state index contributed by atoms with van der Waals surface area (Å²) in [5.41, 5.74) is 0.293. The van der Waals surface area contributed by atoms with Gasteiger partial charge in [0.1, 0.15) is 5.52 Å². The lowest BCUT2D eigenvalue weighted by Crippen LogP contribution is -1.85. The summed E-state index contributed by atoms with van der Waals surface area (Å²) in [6.07, 6.45) is 1.49. The Bertz CT molecular complexity index is 472. The third-order valence-corrected chi connectivity index (χ3v) is 2.69. The molecule has 0 radical (unpaired) electrons. The van der Waals surface area contributed by atoms with Crippen molar-refractivity contribution in [2.45, 2.75) is 0 Å². The fourth-order valence-electron chi connectivity index (χ4n) is 1.13. The summed E-state index contributed by atoms with van der Waals surface area (Å²) < 4.78 is 13.8. The molecule has 0 aliphatic rings. The third kappa shape index (κ3) is 1.42. The second-order valence-electron chi connectivity index (χ2n) is 2.55. The number of aromatic nitrogens is 1. The Morgan fingerprint density at radius 3 is 2.85 bits per heavy atom. The Balaban J connectivity index is 2.94. The standard InChI is InChI=1S/C9H4BrClFN/c10-6-2-1-5-7(11)3-4-13-9(5)8(6)12/h1-4H. The predicted octanol–water partition coefficient (Wildman–Crippen LogP) is 3.79. The van der Waals surface area contributed by atoms with E-state index in [2.05, 4.69) is 20.9 Å². The fraction of sp³-hybridized carbons (Fsp3) is 0. The molecule has 0 aliphatic carbocycles. The van der Waals surface area contributed by atoms with Crippen LogP contribution in [0, 0.1) is 5.82 Å². The maximum Gasteiger partial charge on any atom is 0.163 e. The van der Waals surface area contributed by atoms with Gasteiger partial charge in [0.05, 0.1) is 9.50 Å². The molecule has 0 atom stereocenters. The highest BCUT2D eigenvalue weighted by Crippen LogP contribution is 2.27. The van der Waals surface area contributed by atoms with Crippen LogP contribution in [0.1, 0.15) is 0 Å². The molecule has 2 aromatic rings. The van der Waals surface area contributed by atoms with E-state index in [4.69, 9.17) is 11.6 Å². The molecule has 1 aromatic carbocycles. The number of hydrogen-bond acceptors (Lipinski definition) is 1. The summed E-state index contributed by atoms with van der Waals surface area (Å²) in [7, 11) is 0. The molecule has 0 bridgehead atoms. The van der Waals surface area contributed by atoms with E-state index in [-0.39, 0.29) is 5.82 Å². The molecule has 0 amide bonds. The number of pyridine rings is 1. The summed E-state index contributed by atoms with van der Waals surface area (Å²) in [5, 5.41) is 1.14. The van der Waals surface area contributed by atoms with Crippen molar-refractivity contribution < 1.29 is 4.39 Å². The highest BCUT2D eigenvalue weighted by molar-refractivity contribution is 9.10. The number of hydrogen-bond donors (Lipinski definition) is 0. The van der Waals surface area contributed by atoms with Gasteiger partial charge in [0, 0.05) is 11.6 Å². The molecule has 0 aliphatic heterocycles. The van der Waals surface area contributed by atoms with Crippen molar-refractivity contribution in [3.05, 3.63) is 39.7 Å². The van der Waals surface area contributed by atoms with E-state index in [1.54, 1.807) is 18.2 Å². The molecule has 0 unspecified atom stereocenters. The maximum absolute atomic E-state index is 13.4. The van der Waals surface area contributed by atoms with Crippen molar-refractivity contribution in [2.24, 2.45) is 0 Å². The molecule has 13 heavy (non-hydrogen) atoms. The average Bonchev–Trinajstić information content (AvgIpc) is 2.12. The Hall–Kier alpha value is -0.670. The molecule has 4 heteroatoms. The van der Waals surface area contributed by atoms with Gasteiger partial charge in [-0.25, -0.2) is 4.39 Å². The number of fused-ring (bicyclic) bond motifs is 1. The number of benzene rings is 1. The van der Waals surface area contributed by atoms with Crippen LogP contribution in [0.25, 0.3) is 10.9 Å². The summed E-state index contributed by atoms with van der Waals surface area (Å²) in [6, 6.07) is 4.99. The minimum atomic E-state index is -0.375. The van der Waals surface area contributed by atoms with Crippen molar-refractivity contribution in [1.82, 2.24) is 4.98 Å². The summed E-state index contributed by atoms with van der Waals surface area (Å²) in [4.78, 5) is 3.91. The van der Waals surface area contributed by atoms with Crippen molar-refractivity contribution in [3.63, 3.8) is 0 Å². The van der Waals surface area contributed by atoms with Gasteiger partial charge in [-0.2, -0.15) is 0 Å². The highest BCUT2D eigenvalue weighted by Gasteiger charge is 2.07. The topological polar surface area (TPSA) is 12.9 Å². The van der Waals surface area contributed by atoms with Crippen LogP contribution in [-0.4, -0.2) is 4.98 Å². The van der Waals surface area contributed by atoms with Gasteiger partial charge in [0.15, 0.2) is 5.82 Å². The number of nitrogens with zero attached hydrogens (tertiary/aromatic N) is 1. The van der Waals surface area contributed by atoms with Crippen LogP contribution in [0.2, 0.25) is 5.02 Å². The summed E-state index contributed by atoms with van der Waals surface area (Å²) in [5.74, 6) is -0.375. The molecule has 0 saturated heterocycles. The largest absolute Gasteiger partial charge is 0.253 e. The zero-order valence-corrected chi connectivity index (χ0v) is 8.73. The normalized spacial score (nSPS) is 10.7. The van der Waals surface area contributed by atoms with Gasteiger partial charge >= 0.3 is 0 Å². The van der Waals surface area contributed by atoms with Gasteiger partial charge in [-0.3, -0.25) is 4.98 Å². The van der Waals surface area contributed by atoms with Crippen molar-refractivity contribution in [2.75, 3.05) is 0 Å². The number of halogens is 3. The zero-order chi connectivity index (χ0) is 9.42. The first kappa shape index (κ1) is 8.91. The molecule has 0 fully saturated rings. The van der Waals surface area contributed by atoms with Gasteiger partial charge in [-0.05, 0) is 34.1 Å². The Morgan fingerprint density at radius 1 is 1.31 bits per heavy atom. The van der Waals surface area contributed by atoms with Crippen LogP contribution in [0.5, 0.6) is 0 Å². The van der Waals surface area contributed by atoms with E-state index in [0.29, 0.717) is 20.4 Å². The fourth-order valence-corrected chi connectivity index (χ4v) is 1.65. The first-order valence-corrected chi connectivity index (χ1v) is 4.75. The quantitative estimate of drug-likeness (QED) is 0.702. The Morgan fingerprint density at radius 2 is 2.08 bits per heavy atom. The van der Waals surface area contributed by atoms with Gasteiger partial charge < -0.3 is 0 Å². The average molecular weight is 260 g/mol. The minimum Gasteiger partial charge on any atom is -0.253 e. The van der Waals surface area contributed by atoms with E-state index < -0.39 is 0 Å². The van der Waals surface area contributed by atoms with Crippen LogP contribution in [0.15, 0.2) is 28.9 Å². The summed E-state index contributed by atoms with van der Waals surface area (Å²) >= 11 is 8.94. The van der Waals surface area contributed by atoms with Gasteiger partial charge in [0.25, 0.3) is 0 Å². The van der Waals surface area contributed by atoms with Crippen LogP contribution in [0.3, 0.4) is 0 Å². The SMILES string of the molecule is Fc1c(Br)ccc2c(Cl)ccnc12. The minimum absolute atomic E-state index is 0.293. The first-order valence-electron chi connectivity index (χ1n) is 3.58. The van der Waals surface area contributed by atoms with Crippen LogP contribution >= 0.6 is 27.5 Å². The molecule has 1 nitrogen and oxygen atoms in total. The van der Waals surface area contributed by atoms with E-state index >= 15 is 0 Å². The molecule has 0 N–H and O–H groups in total. The van der Waals surface area contributed by atoms with Crippen LogP contribution in [0.4, 0.5) is 4.39 Å². The Labute approximate surface area is 87.7 Å². The van der Waals surface area contributed by atoms with Crippen LogP contribution < -0.4 is 0 Å². The lowest BCUT2D eigenvalue weighted by atomic mass is 10.2. The molecule has 1 aromatic heterocycles. The van der Waals surface area contributed by atoms with E-state index in [1.807, 2.05) is 0 Å². The predicted molar refractivity (Wildman–Crippen MR) is 54.4 cm³/mol. The third-order valence-electron chi connectivity index (χ3n) is 1.75. The molecule has 66 valence electrons. The Kier molecular flexibility index (Phi) is 2.22. The maximum atomic E-state index is 13.4. The summed E-state index contributed by atoms with van der Waals surface area (Å²) in [6.45, 7) is 0. The van der Waals surface area contributed by atoms with E-state index in [9.17, 15) is 4.39 Å².